The van der Waals surface area contributed by atoms with Crippen molar-refractivity contribution >= 4 is 5.82 Å². The molecule has 0 spiro atoms. The van der Waals surface area contributed by atoms with Gasteiger partial charge in [0, 0.05) is 11.1 Å². The van der Waals surface area contributed by atoms with Gasteiger partial charge in [-0.15, -0.1) is 0 Å². The first-order valence-corrected chi connectivity index (χ1v) is 5.41. The van der Waals surface area contributed by atoms with Crippen molar-refractivity contribution in [1.82, 2.24) is 9.55 Å². The summed E-state index contributed by atoms with van der Waals surface area (Å²) in [6.07, 6.45) is -1.93. The summed E-state index contributed by atoms with van der Waals surface area (Å²) in [5, 5.41) is 22.5. The second-order valence-electron chi connectivity index (χ2n) is 3.98. The highest BCUT2D eigenvalue weighted by molar-refractivity contribution is 5.23. The van der Waals surface area contributed by atoms with E-state index in [1.165, 1.54) is 12.3 Å². The van der Waals surface area contributed by atoms with Gasteiger partial charge in [-0.2, -0.15) is 4.98 Å². The Bertz CT molecular complexity index is 568. The van der Waals surface area contributed by atoms with Gasteiger partial charge in [-0.25, -0.2) is 4.79 Å². The van der Waals surface area contributed by atoms with Crippen molar-refractivity contribution in [3.63, 3.8) is 0 Å². The van der Waals surface area contributed by atoms with Crippen LogP contribution in [-0.2, 0) is 4.74 Å². The Morgan fingerprint density at radius 3 is 3.00 bits per heavy atom. The van der Waals surface area contributed by atoms with Crippen LogP contribution in [0.3, 0.4) is 0 Å². The zero-order chi connectivity index (χ0) is 14.0. The van der Waals surface area contributed by atoms with Crippen molar-refractivity contribution in [3.8, 4) is 0 Å². The van der Waals surface area contributed by atoms with Crippen LogP contribution in [0.1, 0.15) is 6.23 Å². The Balaban J connectivity index is 2.36. The zero-order valence-electron chi connectivity index (χ0n) is 9.70. The maximum Gasteiger partial charge on any atom is 0.351 e. The van der Waals surface area contributed by atoms with Gasteiger partial charge < -0.3 is 20.7 Å². The van der Waals surface area contributed by atoms with Crippen LogP contribution in [0, 0.1) is 0 Å². The summed E-state index contributed by atoms with van der Waals surface area (Å²) in [7, 11) is 0. The Hall–Kier alpha value is -2.13. The molecule has 1 fully saturated rings. The van der Waals surface area contributed by atoms with E-state index >= 15 is 0 Å². The Morgan fingerprint density at radius 1 is 1.68 bits per heavy atom. The summed E-state index contributed by atoms with van der Waals surface area (Å²) >= 11 is 0. The molecule has 19 heavy (non-hydrogen) atoms. The van der Waals surface area contributed by atoms with Crippen molar-refractivity contribution in [1.29, 1.82) is 0 Å². The van der Waals surface area contributed by atoms with Gasteiger partial charge in [0.25, 0.3) is 0 Å². The highest BCUT2D eigenvalue weighted by Crippen LogP contribution is 2.30. The monoisotopic (exact) mass is 268 g/mol. The molecular weight excluding hydrogens is 256 g/mol. The molecule has 1 aliphatic heterocycles. The number of aliphatic hydroxyl groups excluding tert-OH is 2. The van der Waals surface area contributed by atoms with E-state index in [4.69, 9.17) is 21.1 Å². The van der Waals surface area contributed by atoms with Crippen molar-refractivity contribution in [3.05, 3.63) is 33.2 Å². The first kappa shape index (κ1) is 13.3. The molecule has 10 heteroatoms. The molecule has 0 aromatic carbocycles. The number of aliphatic hydroxyl groups is 2. The third kappa shape index (κ3) is 2.37. The molecule has 1 aromatic heterocycles. The molecule has 0 bridgehead atoms. The minimum atomic E-state index is -1.27. The minimum absolute atomic E-state index is 0.0408. The third-order valence-electron chi connectivity index (χ3n) is 2.83. The molecule has 1 saturated heterocycles. The van der Waals surface area contributed by atoms with Gasteiger partial charge in [-0.3, -0.25) is 4.57 Å². The number of nitrogen functional groups attached to an aromatic ring is 1. The molecule has 4 N–H and O–H groups in total. The molecule has 0 radical (unpaired) electrons. The molecule has 0 saturated carbocycles. The number of rotatable bonds is 3. The van der Waals surface area contributed by atoms with Crippen molar-refractivity contribution in [2.24, 2.45) is 5.11 Å². The summed E-state index contributed by atoms with van der Waals surface area (Å²) in [6.45, 7) is -0.450. The highest BCUT2D eigenvalue weighted by atomic mass is 16.5. The van der Waals surface area contributed by atoms with Crippen molar-refractivity contribution < 1.29 is 14.9 Å². The number of anilines is 1. The molecule has 2 heterocycles. The third-order valence-corrected chi connectivity index (χ3v) is 2.83. The van der Waals surface area contributed by atoms with Gasteiger partial charge in [0.2, 0.25) is 0 Å². The predicted octanol–water partition coefficient (Wildman–Crippen LogP) is -1.24. The van der Waals surface area contributed by atoms with Crippen LogP contribution in [0.5, 0.6) is 0 Å². The van der Waals surface area contributed by atoms with Crippen LogP contribution < -0.4 is 11.4 Å². The average molecular weight is 268 g/mol. The Morgan fingerprint density at radius 2 is 2.42 bits per heavy atom. The van der Waals surface area contributed by atoms with Crippen molar-refractivity contribution in [2.45, 2.75) is 24.5 Å². The van der Waals surface area contributed by atoms with Crippen LogP contribution in [0.25, 0.3) is 10.4 Å². The van der Waals surface area contributed by atoms with Crippen LogP contribution in [0.15, 0.2) is 22.2 Å². The van der Waals surface area contributed by atoms with E-state index in [0.717, 1.165) is 4.57 Å². The highest BCUT2D eigenvalue weighted by Gasteiger charge is 2.44. The van der Waals surface area contributed by atoms with Crippen molar-refractivity contribution in [2.75, 3.05) is 12.3 Å². The molecule has 2 rings (SSSR count). The van der Waals surface area contributed by atoms with E-state index < -0.39 is 36.8 Å². The lowest BCUT2D eigenvalue weighted by molar-refractivity contribution is -0.0531. The summed E-state index contributed by atoms with van der Waals surface area (Å²) in [4.78, 5) is 17.7. The predicted molar refractivity (Wildman–Crippen MR) is 62.8 cm³/mol. The molecule has 102 valence electrons. The van der Waals surface area contributed by atoms with E-state index in [0.29, 0.717) is 0 Å². The van der Waals surface area contributed by atoms with Crippen LogP contribution >= 0.6 is 0 Å². The first-order valence-electron chi connectivity index (χ1n) is 5.41. The summed E-state index contributed by atoms with van der Waals surface area (Å²) in [6, 6.07) is 0.385. The molecule has 4 atom stereocenters. The fraction of sp³-hybridized carbons (Fsp3) is 0.556. The molecule has 10 nitrogen and oxygen atoms in total. The molecule has 1 aliphatic rings. The molecule has 0 aliphatic carbocycles. The van der Waals surface area contributed by atoms with Gasteiger partial charge in [0.15, 0.2) is 6.23 Å². The van der Waals surface area contributed by atoms with Crippen LogP contribution in [-0.4, -0.2) is 44.6 Å². The number of azide groups is 1. The van der Waals surface area contributed by atoms with E-state index in [1.54, 1.807) is 0 Å². The standard InChI is InChI=1S/C9H12N6O4/c10-5-1-2-15(9(18)12-5)8-7(17)6(13-14-11)4(3-16)19-8/h1-2,4,6-8,16-17H,3H2,(H2,10,12,18)/t4-,6?,7?,8-/m1/s1. The number of hydrogen-bond donors (Lipinski definition) is 3. The minimum Gasteiger partial charge on any atom is -0.394 e. The van der Waals surface area contributed by atoms with E-state index in [-0.39, 0.29) is 5.82 Å². The lowest BCUT2D eigenvalue weighted by Crippen LogP contribution is -2.35. The number of ether oxygens (including phenoxy) is 1. The van der Waals surface area contributed by atoms with Gasteiger partial charge in [-0.1, -0.05) is 5.11 Å². The maximum absolute atomic E-state index is 11.6. The maximum atomic E-state index is 11.6. The second kappa shape index (κ2) is 5.24. The van der Waals surface area contributed by atoms with E-state index in [9.17, 15) is 9.90 Å². The SMILES string of the molecule is [N-]=[N+]=NC1C(O)[C@H](n2ccc(N)nc2=O)O[C@@H]1CO. The van der Waals surface area contributed by atoms with Gasteiger partial charge in [0.1, 0.15) is 11.9 Å². The van der Waals surface area contributed by atoms with Crippen LogP contribution in [0.2, 0.25) is 0 Å². The summed E-state index contributed by atoms with van der Waals surface area (Å²) in [5.41, 5.74) is 13.1. The number of nitrogens with two attached hydrogens (primary N) is 1. The smallest absolute Gasteiger partial charge is 0.351 e. The zero-order valence-corrected chi connectivity index (χ0v) is 9.70. The number of aromatic nitrogens is 2. The van der Waals surface area contributed by atoms with E-state index in [1.807, 2.05) is 0 Å². The normalized spacial score (nSPS) is 30.0. The second-order valence-corrected chi connectivity index (χ2v) is 3.98. The Kier molecular flexibility index (Phi) is 3.67. The first-order chi connectivity index (χ1) is 9.08. The number of nitrogens with zero attached hydrogens (tertiary/aromatic N) is 5. The molecule has 1 aromatic rings. The lowest BCUT2D eigenvalue weighted by atomic mass is 10.1. The van der Waals surface area contributed by atoms with Gasteiger partial charge in [-0.05, 0) is 11.6 Å². The van der Waals surface area contributed by atoms with E-state index in [2.05, 4.69) is 15.0 Å². The largest absolute Gasteiger partial charge is 0.394 e. The van der Waals surface area contributed by atoms with Gasteiger partial charge >= 0.3 is 5.69 Å². The summed E-state index contributed by atoms with van der Waals surface area (Å²) < 4.78 is 6.34. The topological polar surface area (TPSA) is 159 Å². The van der Waals surface area contributed by atoms with Gasteiger partial charge in [0.05, 0.1) is 18.8 Å². The molecule has 0 amide bonds. The fourth-order valence-electron chi connectivity index (χ4n) is 1.93. The lowest BCUT2D eigenvalue weighted by Gasteiger charge is -2.17. The number of hydrogen-bond acceptors (Lipinski definition) is 7. The van der Waals surface area contributed by atoms with Crippen LogP contribution in [0.4, 0.5) is 5.82 Å². The molecular formula is C9H12N6O4. The molecule has 2 unspecified atom stereocenters. The fourth-order valence-corrected chi connectivity index (χ4v) is 1.93. The average Bonchev–Trinajstić information content (AvgIpc) is 2.68. The quantitative estimate of drug-likeness (QED) is 0.353. The Labute approximate surface area is 106 Å². The summed E-state index contributed by atoms with van der Waals surface area (Å²) in [5.74, 6) is 0.0408.